The molecule has 0 saturated carbocycles. The van der Waals surface area contributed by atoms with Gasteiger partial charge in [-0.1, -0.05) is 30.3 Å². The number of rotatable bonds is 5. The molecule has 0 aliphatic heterocycles. The third-order valence-electron chi connectivity index (χ3n) is 3.56. The van der Waals surface area contributed by atoms with Gasteiger partial charge in [0.25, 0.3) is 5.56 Å². The zero-order chi connectivity index (χ0) is 16.1. The Morgan fingerprint density at radius 2 is 1.95 bits per heavy atom. The molecule has 1 atom stereocenters. The van der Waals surface area contributed by atoms with E-state index >= 15 is 0 Å². The molecule has 1 heterocycles. The number of hydrogen-bond donors (Lipinski definition) is 1. The van der Waals surface area contributed by atoms with E-state index in [2.05, 4.69) is 5.32 Å². The molecule has 0 spiro atoms. The normalized spacial score (nSPS) is 11.8. The van der Waals surface area contributed by atoms with E-state index < -0.39 is 12.0 Å². The highest BCUT2D eigenvalue weighted by molar-refractivity contribution is 5.79. The van der Waals surface area contributed by atoms with Gasteiger partial charge in [-0.05, 0) is 24.1 Å². The van der Waals surface area contributed by atoms with Crippen LogP contribution in [0.5, 0.6) is 0 Å². The summed E-state index contributed by atoms with van der Waals surface area (Å²) in [5.41, 5.74) is 2.05. The van der Waals surface area contributed by atoms with Crippen molar-refractivity contribution >= 4 is 11.7 Å². The minimum absolute atomic E-state index is 0.165. The predicted molar refractivity (Wildman–Crippen MR) is 86.0 cm³/mol. The summed E-state index contributed by atoms with van der Waals surface area (Å²) in [5.74, 6) is -0.394. The van der Waals surface area contributed by atoms with Crippen LogP contribution in [0.4, 0.5) is 5.69 Å². The maximum absolute atomic E-state index is 12.2. The van der Waals surface area contributed by atoms with Crippen molar-refractivity contribution in [1.82, 2.24) is 4.57 Å². The number of carbonyl (C=O) groups is 1. The van der Waals surface area contributed by atoms with Gasteiger partial charge in [-0.25, -0.2) is 4.79 Å². The molecule has 0 amide bonds. The lowest BCUT2D eigenvalue weighted by Gasteiger charge is -2.19. The summed E-state index contributed by atoms with van der Waals surface area (Å²) in [6, 6.07) is 10.8. The molecular weight excluding hydrogens is 280 g/mol. The average Bonchev–Trinajstić information content (AvgIpc) is 2.54. The highest BCUT2D eigenvalue weighted by Crippen LogP contribution is 2.13. The predicted octanol–water partition coefficient (Wildman–Crippen LogP) is 1.89. The van der Waals surface area contributed by atoms with Gasteiger partial charge < -0.3 is 14.6 Å². The summed E-state index contributed by atoms with van der Waals surface area (Å²) < 4.78 is 6.33. The van der Waals surface area contributed by atoms with Gasteiger partial charge in [0, 0.05) is 19.7 Å². The molecule has 0 radical (unpaired) electrons. The van der Waals surface area contributed by atoms with Crippen LogP contribution < -0.4 is 10.9 Å². The van der Waals surface area contributed by atoms with E-state index in [-0.39, 0.29) is 5.56 Å². The van der Waals surface area contributed by atoms with Crippen LogP contribution in [0.15, 0.2) is 47.4 Å². The molecule has 5 heteroatoms. The molecule has 1 aromatic heterocycles. The summed E-state index contributed by atoms with van der Waals surface area (Å²) in [6.45, 7) is 1.83. The Balaban J connectivity index is 2.30. The molecule has 2 rings (SSSR count). The number of carbonyl (C=O) groups excluding carboxylic acids is 1. The molecule has 0 fully saturated rings. The van der Waals surface area contributed by atoms with Crippen molar-refractivity contribution in [2.24, 2.45) is 7.05 Å². The van der Waals surface area contributed by atoms with Crippen LogP contribution in [0.3, 0.4) is 0 Å². The molecule has 0 aliphatic carbocycles. The van der Waals surface area contributed by atoms with Crippen molar-refractivity contribution in [2.45, 2.75) is 19.4 Å². The van der Waals surface area contributed by atoms with Crippen LogP contribution in [0.1, 0.15) is 11.1 Å². The van der Waals surface area contributed by atoms with Crippen molar-refractivity contribution in [3.05, 3.63) is 64.1 Å². The Kier molecular flexibility index (Phi) is 4.99. The third kappa shape index (κ3) is 3.55. The first-order valence-electron chi connectivity index (χ1n) is 7.07. The molecule has 0 aliphatic rings. The number of anilines is 1. The van der Waals surface area contributed by atoms with Crippen molar-refractivity contribution in [1.29, 1.82) is 0 Å². The third-order valence-corrected chi connectivity index (χ3v) is 3.56. The number of aromatic nitrogens is 1. The first-order chi connectivity index (χ1) is 10.5. The number of aryl methyl sites for hydroxylation is 2. The number of nitrogens with zero attached hydrogens (tertiary/aromatic N) is 1. The van der Waals surface area contributed by atoms with E-state index in [9.17, 15) is 9.59 Å². The Hall–Kier alpha value is -2.56. The molecule has 1 aromatic carbocycles. The summed E-state index contributed by atoms with van der Waals surface area (Å²) >= 11 is 0. The average molecular weight is 300 g/mol. The molecular formula is C17H20N2O3. The Morgan fingerprint density at radius 3 is 2.59 bits per heavy atom. The van der Waals surface area contributed by atoms with Gasteiger partial charge in [0.05, 0.1) is 7.11 Å². The van der Waals surface area contributed by atoms with E-state index in [0.29, 0.717) is 12.1 Å². The minimum atomic E-state index is -0.610. The quantitative estimate of drug-likeness (QED) is 0.857. The largest absolute Gasteiger partial charge is 0.467 e. The lowest BCUT2D eigenvalue weighted by atomic mass is 10.1. The standard InChI is InChI=1S/C17H20N2O3/c1-12-9-10-19(2)16(20)15(12)18-14(17(21)22-3)11-13-7-5-4-6-8-13/h4-10,14,18H,11H2,1-3H3/t14-/m0/s1. The first kappa shape index (κ1) is 15.8. The second kappa shape index (κ2) is 6.93. The van der Waals surface area contributed by atoms with Crippen molar-refractivity contribution in [2.75, 3.05) is 12.4 Å². The Bertz CT molecular complexity index is 708. The fourth-order valence-corrected chi connectivity index (χ4v) is 2.25. The van der Waals surface area contributed by atoms with E-state index in [4.69, 9.17) is 4.74 Å². The maximum Gasteiger partial charge on any atom is 0.328 e. The molecule has 0 bridgehead atoms. The van der Waals surface area contributed by atoms with Crippen molar-refractivity contribution < 1.29 is 9.53 Å². The second-order valence-corrected chi connectivity index (χ2v) is 5.20. The Morgan fingerprint density at radius 1 is 1.27 bits per heavy atom. The van der Waals surface area contributed by atoms with E-state index in [1.54, 1.807) is 13.2 Å². The fourth-order valence-electron chi connectivity index (χ4n) is 2.25. The molecule has 0 saturated heterocycles. The summed E-state index contributed by atoms with van der Waals surface area (Å²) in [6.07, 6.45) is 2.15. The number of esters is 1. The first-order valence-corrected chi connectivity index (χ1v) is 7.07. The highest BCUT2D eigenvalue weighted by Gasteiger charge is 2.21. The number of benzene rings is 1. The van der Waals surface area contributed by atoms with Crippen molar-refractivity contribution in [3.63, 3.8) is 0 Å². The van der Waals surface area contributed by atoms with Gasteiger partial charge in [0.1, 0.15) is 11.7 Å². The van der Waals surface area contributed by atoms with Crippen molar-refractivity contribution in [3.8, 4) is 0 Å². The van der Waals surface area contributed by atoms with Crippen LogP contribution in [-0.2, 0) is 23.0 Å². The topological polar surface area (TPSA) is 60.3 Å². The van der Waals surface area contributed by atoms with E-state index in [1.165, 1.54) is 11.7 Å². The minimum Gasteiger partial charge on any atom is -0.467 e. The monoisotopic (exact) mass is 300 g/mol. The number of ether oxygens (including phenoxy) is 1. The molecule has 1 N–H and O–H groups in total. The lowest BCUT2D eigenvalue weighted by Crippen LogP contribution is -2.36. The van der Waals surface area contributed by atoms with Crippen LogP contribution >= 0.6 is 0 Å². The van der Waals surface area contributed by atoms with Gasteiger partial charge in [0.15, 0.2) is 0 Å². The highest BCUT2D eigenvalue weighted by atomic mass is 16.5. The fraction of sp³-hybridized carbons (Fsp3) is 0.294. The molecule has 2 aromatic rings. The van der Waals surface area contributed by atoms with Gasteiger partial charge >= 0.3 is 5.97 Å². The molecule has 22 heavy (non-hydrogen) atoms. The molecule has 5 nitrogen and oxygen atoms in total. The maximum atomic E-state index is 12.2. The number of pyridine rings is 1. The number of methoxy groups -OCH3 is 1. The number of nitrogens with one attached hydrogen (secondary N) is 1. The molecule has 116 valence electrons. The van der Waals surface area contributed by atoms with Crippen LogP contribution in [0.2, 0.25) is 0 Å². The zero-order valence-corrected chi connectivity index (χ0v) is 13.0. The summed E-state index contributed by atoms with van der Waals surface area (Å²) in [4.78, 5) is 24.3. The SMILES string of the molecule is COC(=O)[C@H](Cc1ccccc1)Nc1c(C)ccn(C)c1=O. The summed E-state index contributed by atoms with van der Waals surface area (Å²) in [7, 11) is 3.02. The van der Waals surface area contributed by atoms with E-state index in [1.807, 2.05) is 43.3 Å². The van der Waals surface area contributed by atoms with Crippen LogP contribution in [0.25, 0.3) is 0 Å². The van der Waals surface area contributed by atoms with Crippen LogP contribution in [-0.4, -0.2) is 23.7 Å². The van der Waals surface area contributed by atoms with Gasteiger partial charge in [-0.3, -0.25) is 4.79 Å². The second-order valence-electron chi connectivity index (χ2n) is 5.20. The Labute approximate surface area is 129 Å². The van der Waals surface area contributed by atoms with E-state index in [0.717, 1.165) is 11.1 Å². The van der Waals surface area contributed by atoms with Gasteiger partial charge in [-0.2, -0.15) is 0 Å². The van der Waals surface area contributed by atoms with Crippen LogP contribution in [0, 0.1) is 6.92 Å². The number of hydrogen-bond acceptors (Lipinski definition) is 4. The molecule has 0 unspecified atom stereocenters. The lowest BCUT2D eigenvalue weighted by molar-refractivity contribution is -0.141. The van der Waals surface area contributed by atoms with Gasteiger partial charge in [-0.15, -0.1) is 0 Å². The zero-order valence-electron chi connectivity index (χ0n) is 13.0. The summed E-state index contributed by atoms with van der Waals surface area (Å²) in [5, 5.41) is 3.05. The van der Waals surface area contributed by atoms with Gasteiger partial charge in [0.2, 0.25) is 0 Å². The smallest absolute Gasteiger partial charge is 0.328 e.